The van der Waals surface area contributed by atoms with Crippen molar-refractivity contribution in [1.82, 2.24) is 4.98 Å². The first-order chi connectivity index (χ1) is 9.75. The van der Waals surface area contributed by atoms with Crippen LogP contribution in [-0.2, 0) is 5.60 Å². The number of rotatable bonds is 3. The molecule has 0 saturated heterocycles. The molecule has 0 saturated carbocycles. The number of hydrogen-bond donors (Lipinski definition) is 2. The third kappa shape index (κ3) is 1.97. The van der Waals surface area contributed by atoms with Gasteiger partial charge in [0.1, 0.15) is 5.60 Å². The molecule has 0 aliphatic rings. The summed E-state index contributed by atoms with van der Waals surface area (Å²) in [7, 11) is 0. The summed E-state index contributed by atoms with van der Waals surface area (Å²) in [6, 6.07) is 19.1. The van der Waals surface area contributed by atoms with Crippen molar-refractivity contribution in [2.24, 2.45) is 5.73 Å². The van der Waals surface area contributed by atoms with Gasteiger partial charge in [-0.25, -0.2) is 0 Å². The molecule has 0 bridgehead atoms. The van der Waals surface area contributed by atoms with Crippen LogP contribution in [0.1, 0.15) is 11.1 Å². The largest absolute Gasteiger partial charge is 0.379 e. The Bertz CT molecular complexity index is 722. The van der Waals surface area contributed by atoms with Gasteiger partial charge in [0.15, 0.2) is 0 Å². The van der Waals surface area contributed by atoms with Crippen molar-refractivity contribution < 1.29 is 5.11 Å². The molecule has 2 aromatic carbocycles. The van der Waals surface area contributed by atoms with Crippen molar-refractivity contribution in [3.05, 3.63) is 78.0 Å². The smallest absolute Gasteiger partial charge is 0.129 e. The van der Waals surface area contributed by atoms with Crippen LogP contribution in [0.5, 0.6) is 0 Å². The van der Waals surface area contributed by atoms with Crippen LogP contribution < -0.4 is 5.73 Å². The zero-order chi connectivity index (χ0) is 14.0. The highest BCUT2D eigenvalue weighted by atomic mass is 16.3. The molecule has 20 heavy (non-hydrogen) atoms. The Hall–Kier alpha value is -2.23. The van der Waals surface area contributed by atoms with Gasteiger partial charge in [-0.15, -0.1) is 0 Å². The summed E-state index contributed by atoms with van der Waals surface area (Å²) >= 11 is 0. The van der Waals surface area contributed by atoms with Crippen molar-refractivity contribution in [3.8, 4) is 0 Å². The highest BCUT2D eigenvalue weighted by Crippen LogP contribution is 2.32. The second-order valence-electron chi connectivity index (χ2n) is 4.81. The zero-order valence-corrected chi connectivity index (χ0v) is 11.0. The van der Waals surface area contributed by atoms with Crippen LogP contribution in [0.15, 0.2) is 66.9 Å². The molecule has 1 heterocycles. The molecule has 3 N–H and O–H groups in total. The summed E-state index contributed by atoms with van der Waals surface area (Å²) in [6.45, 7) is 0.104. The molecule has 100 valence electrons. The minimum absolute atomic E-state index is 0.104. The number of para-hydroxylation sites is 1. The van der Waals surface area contributed by atoms with E-state index >= 15 is 0 Å². The summed E-state index contributed by atoms with van der Waals surface area (Å²) in [5.74, 6) is 0. The van der Waals surface area contributed by atoms with Crippen LogP contribution >= 0.6 is 0 Å². The van der Waals surface area contributed by atoms with Crippen molar-refractivity contribution in [3.63, 3.8) is 0 Å². The molecule has 0 radical (unpaired) electrons. The predicted octanol–water partition coefficient (Wildman–Crippen LogP) is 2.43. The Morgan fingerprint density at radius 1 is 0.950 bits per heavy atom. The fourth-order valence-corrected chi connectivity index (χ4v) is 2.54. The van der Waals surface area contributed by atoms with Crippen molar-refractivity contribution in [2.75, 3.05) is 6.54 Å². The minimum Gasteiger partial charge on any atom is -0.379 e. The lowest BCUT2D eigenvalue weighted by Gasteiger charge is -2.28. The van der Waals surface area contributed by atoms with Crippen LogP contribution in [0.2, 0.25) is 0 Å². The van der Waals surface area contributed by atoms with Crippen molar-refractivity contribution in [2.45, 2.75) is 5.60 Å². The number of nitrogens with two attached hydrogens (primary N) is 1. The highest BCUT2D eigenvalue weighted by molar-refractivity contribution is 5.83. The van der Waals surface area contributed by atoms with Gasteiger partial charge >= 0.3 is 0 Å². The molecule has 1 atom stereocenters. The first kappa shape index (κ1) is 12.8. The van der Waals surface area contributed by atoms with E-state index in [2.05, 4.69) is 4.98 Å². The maximum absolute atomic E-state index is 11.1. The summed E-state index contributed by atoms with van der Waals surface area (Å²) in [5.41, 5.74) is 6.96. The first-order valence-electron chi connectivity index (χ1n) is 6.58. The zero-order valence-electron chi connectivity index (χ0n) is 11.0. The molecular formula is C17H16N2O. The molecule has 3 rings (SSSR count). The van der Waals surface area contributed by atoms with Crippen LogP contribution in [0.3, 0.4) is 0 Å². The number of nitrogens with zero attached hydrogens (tertiary/aromatic N) is 1. The van der Waals surface area contributed by atoms with Crippen LogP contribution in [0.25, 0.3) is 10.9 Å². The normalized spacial score (nSPS) is 14.1. The fourth-order valence-electron chi connectivity index (χ4n) is 2.54. The Labute approximate surface area is 117 Å². The Morgan fingerprint density at radius 3 is 2.45 bits per heavy atom. The number of fused-ring (bicyclic) bond motifs is 1. The predicted molar refractivity (Wildman–Crippen MR) is 80.2 cm³/mol. The average molecular weight is 264 g/mol. The number of aromatic nitrogens is 1. The van der Waals surface area contributed by atoms with Gasteiger partial charge < -0.3 is 10.8 Å². The van der Waals surface area contributed by atoms with Gasteiger partial charge in [-0.1, -0.05) is 54.6 Å². The topological polar surface area (TPSA) is 59.1 Å². The Morgan fingerprint density at radius 2 is 1.70 bits per heavy atom. The van der Waals surface area contributed by atoms with E-state index in [1.165, 1.54) is 0 Å². The molecule has 0 spiro atoms. The number of benzene rings is 2. The SMILES string of the molecule is NCC(O)(c1ccccc1)c1cccc2cccnc12. The van der Waals surface area contributed by atoms with Crippen LogP contribution in [-0.4, -0.2) is 16.6 Å². The molecule has 0 fully saturated rings. The van der Waals surface area contributed by atoms with E-state index in [0.717, 1.165) is 22.0 Å². The van der Waals surface area contributed by atoms with E-state index in [0.29, 0.717) is 0 Å². The maximum atomic E-state index is 11.1. The number of pyridine rings is 1. The lowest BCUT2D eigenvalue weighted by molar-refractivity contribution is 0.0916. The highest BCUT2D eigenvalue weighted by Gasteiger charge is 2.31. The van der Waals surface area contributed by atoms with Crippen molar-refractivity contribution >= 4 is 10.9 Å². The molecule has 3 heteroatoms. The fraction of sp³-hybridized carbons (Fsp3) is 0.118. The lowest BCUT2D eigenvalue weighted by atomic mass is 9.85. The molecule has 1 unspecified atom stereocenters. The Kier molecular flexibility index (Phi) is 3.22. The summed E-state index contributed by atoms with van der Waals surface area (Å²) in [6.07, 6.45) is 1.73. The van der Waals surface area contributed by atoms with E-state index in [9.17, 15) is 5.11 Å². The van der Waals surface area contributed by atoms with E-state index in [1.54, 1.807) is 6.20 Å². The van der Waals surface area contributed by atoms with Crippen molar-refractivity contribution in [1.29, 1.82) is 0 Å². The minimum atomic E-state index is -1.23. The lowest BCUT2D eigenvalue weighted by Crippen LogP contribution is -2.36. The van der Waals surface area contributed by atoms with Crippen LogP contribution in [0, 0.1) is 0 Å². The molecule has 1 aromatic heterocycles. The van der Waals surface area contributed by atoms with Gasteiger partial charge in [0.2, 0.25) is 0 Å². The molecular weight excluding hydrogens is 248 g/mol. The van der Waals surface area contributed by atoms with Gasteiger partial charge in [0.05, 0.1) is 5.52 Å². The molecule has 0 aliphatic heterocycles. The third-order valence-electron chi connectivity index (χ3n) is 3.63. The number of aliphatic hydroxyl groups is 1. The van der Waals surface area contributed by atoms with Gasteiger partial charge in [-0.05, 0) is 11.6 Å². The second-order valence-corrected chi connectivity index (χ2v) is 4.81. The molecule has 3 aromatic rings. The monoisotopic (exact) mass is 264 g/mol. The van der Waals surface area contributed by atoms with Gasteiger partial charge in [-0.3, -0.25) is 4.98 Å². The van der Waals surface area contributed by atoms with Gasteiger partial charge in [0, 0.05) is 23.7 Å². The van der Waals surface area contributed by atoms with E-state index in [4.69, 9.17) is 5.73 Å². The van der Waals surface area contributed by atoms with E-state index < -0.39 is 5.60 Å². The average Bonchev–Trinajstić information content (AvgIpc) is 2.54. The molecule has 0 amide bonds. The first-order valence-corrected chi connectivity index (χ1v) is 6.58. The van der Waals surface area contributed by atoms with E-state index in [-0.39, 0.29) is 6.54 Å². The quantitative estimate of drug-likeness (QED) is 0.764. The standard InChI is InChI=1S/C17H16N2O/c18-12-17(20,14-8-2-1-3-9-14)15-10-4-6-13-7-5-11-19-16(13)15/h1-11,20H,12,18H2. The summed E-state index contributed by atoms with van der Waals surface area (Å²) in [4.78, 5) is 4.41. The maximum Gasteiger partial charge on any atom is 0.129 e. The summed E-state index contributed by atoms with van der Waals surface area (Å²) < 4.78 is 0. The van der Waals surface area contributed by atoms with Gasteiger partial charge in [0.25, 0.3) is 0 Å². The molecule has 3 nitrogen and oxygen atoms in total. The molecule has 0 aliphatic carbocycles. The van der Waals surface area contributed by atoms with Crippen LogP contribution in [0.4, 0.5) is 0 Å². The third-order valence-corrected chi connectivity index (χ3v) is 3.63. The Balaban J connectivity index is 2.27. The summed E-state index contributed by atoms with van der Waals surface area (Å²) in [5, 5.41) is 12.1. The van der Waals surface area contributed by atoms with Gasteiger partial charge in [-0.2, -0.15) is 0 Å². The number of hydrogen-bond acceptors (Lipinski definition) is 3. The van der Waals surface area contributed by atoms with E-state index in [1.807, 2.05) is 60.7 Å². The second kappa shape index (κ2) is 5.04.